The van der Waals surface area contributed by atoms with Gasteiger partial charge in [0.25, 0.3) is 0 Å². The zero-order valence-corrected chi connectivity index (χ0v) is 8.31. The highest BCUT2D eigenvalue weighted by molar-refractivity contribution is 5.86. The molecule has 1 rings (SSSR count). The summed E-state index contributed by atoms with van der Waals surface area (Å²) in [5.74, 6) is -0.662. The van der Waals surface area contributed by atoms with Crippen LogP contribution in [0, 0.1) is 6.92 Å². The fourth-order valence-electron chi connectivity index (χ4n) is 0.973. The number of carbonyl (C=O) groups is 1. The maximum Gasteiger partial charge on any atom is 0.354 e. The molecule has 0 radical (unpaired) electrons. The van der Waals surface area contributed by atoms with Crippen molar-refractivity contribution in [2.45, 2.75) is 20.0 Å². The van der Waals surface area contributed by atoms with Crippen LogP contribution in [0.5, 0.6) is 0 Å². The molecule has 0 amide bonds. The Labute approximate surface area is 81.8 Å². The molecule has 0 fully saturated rings. The van der Waals surface area contributed by atoms with Gasteiger partial charge in [-0.25, -0.2) is 14.8 Å². The molecule has 5 nitrogen and oxygen atoms in total. The highest BCUT2D eigenvalue weighted by Crippen LogP contribution is 2.12. The minimum absolute atomic E-state index is 0.0268. The maximum atomic E-state index is 10.8. The van der Waals surface area contributed by atoms with E-state index in [1.54, 1.807) is 13.8 Å². The van der Waals surface area contributed by atoms with Gasteiger partial charge >= 0.3 is 5.97 Å². The van der Waals surface area contributed by atoms with Crippen LogP contribution >= 0.6 is 0 Å². The molecule has 76 valence electrons. The average molecular weight is 196 g/mol. The van der Waals surface area contributed by atoms with Crippen LogP contribution in [-0.4, -0.2) is 28.2 Å². The van der Waals surface area contributed by atoms with Gasteiger partial charge < -0.3 is 9.84 Å². The van der Waals surface area contributed by atoms with E-state index in [1.807, 2.05) is 0 Å². The number of rotatable bonds is 3. The van der Waals surface area contributed by atoms with Crippen molar-refractivity contribution in [1.82, 2.24) is 9.97 Å². The minimum Gasteiger partial charge on any atom is -0.477 e. The minimum atomic E-state index is -1.05. The Hall–Kier alpha value is -1.49. The SMILES string of the molecule is COC(C)c1ncc(C)c(C(=O)O)n1. The smallest absolute Gasteiger partial charge is 0.354 e. The molecule has 0 saturated heterocycles. The van der Waals surface area contributed by atoms with Gasteiger partial charge in [0.2, 0.25) is 0 Å². The Balaban J connectivity index is 3.12. The van der Waals surface area contributed by atoms with Crippen LogP contribution in [0.15, 0.2) is 6.20 Å². The van der Waals surface area contributed by atoms with E-state index in [9.17, 15) is 4.79 Å². The predicted octanol–water partition coefficient (Wildman–Crippen LogP) is 1.19. The summed E-state index contributed by atoms with van der Waals surface area (Å²) in [6.07, 6.45) is 1.19. The normalized spacial score (nSPS) is 12.5. The molecule has 1 aromatic rings. The van der Waals surface area contributed by atoms with Crippen molar-refractivity contribution in [2.24, 2.45) is 0 Å². The largest absolute Gasteiger partial charge is 0.477 e. The quantitative estimate of drug-likeness (QED) is 0.786. The fraction of sp³-hybridized carbons (Fsp3) is 0.444. The van der Waals surface area contributed by atoms with Crippen molar-refractivity contribution in [2.75, 3.05) is 7.11 Å². The Morgan fingerprint density at radius 1 is 1.64 bits per heavy atom. The van der Waals surface area contributed by atoms with Crippen molar-refractivity contribution in [3.05, 3.63) is 23.3 Å². The molecule has 0 aromatic carbocycles. The van der Waals surface area contributed by atoms with Gasteiger partial charge in [-0.15, -0.1) is 0 Å². The second kappa shape index (κ2) is 4.15. The summed E-state index contributed by atoms with van der Waals surface area (Å²) in [5.41, 5.74) is 0.573. The van der Waals surface area contributed by atoms with E-state index in [0.717, 1.165) is 0 Å². The number of carboxylic acid groups (broad SMARTS) is 1. The Morgan fingerprint density at radius 3 is 2.79 bits per heavy atom. The standard InChI is InChI=1S/C9H12N2O3/c1-5-4-10-8(6(2)14-3)11-7(5)9(12)13/h4,6H,1-3H3,(H,12,13). The Morgan fingerprint density at radius 2 is 2.29 bits per heavy atom. The van der Waals surface area contributed by atoms with E-state index in [-0.39, 0.29) is 11.8 Å². The van der Waals surface area contributed by atoms with Crippen molar-refractivity contribution in [3.63, 3.8) is 0 Å². The first-order chi connectivity index (χ1) is 6.56. The summed E-state index contributed by atoms with van der Waals surface area (Å²) in [6, 6.07) is 0. The Bertz CT molecular complexity index is 352. The van der Waals surface area contributed by atoms with Crippen LogP contribution in [0.2, 0.25) is 0 Å². The summed E-state index contributed by atoms with van der Waals surface area (Å²) >= 11 is 0. The summed E-state index contributed by atoms with van der Waals surface area (Å²) in [7, 11) is 1.52. The van der Waals surface area contributed by atoms with Gasteiger partial charge in [0.1, 0.15) is 6.10 Å². The average Bonchev–Trinajstić information content (AvgIpc) is 2.17. The number of hydrogen-bond donors (Lipinski definition) is 1. The third-order valence-electron chi connectivity index (χ3n) is 1.91. The second-order valence-electron chi connectivity index (χ2n) is 2.94. The number of aromatic nitrogens is 2. The van der Waals surface area contributed by atoms with Crippen molar-refractivity contribution in [1.29, 1.82) is 0 Å². The second-order valence-corrected chi connectivity index (χ2v) is 2.94. The molecule has 0 aliphatic heterocycles. The van der Waals surface area contributed by atoms with Crippen LogP contribution in [0.3, 0.4) is 0 Å². The van der Waals surface area contributed by atoms with E-state index >= 15 is 0 Å². The summed E-state index contributed by atoms with van der Waals surface area (Å²) in [6.45, 7) is 3.42. The van der Waals surface area contributed by atoms with Crippen molar-refractivity contribution >= 4 is 5.97 Å². The van der Waals surface area contributed by atoms with Crippen LogP contribution in [0.25, 0.3) is 0 Å². The molecule has 0 spiro atoms. The molecule has 1 unspecified atom stereocenters. The van der Waals surface area contributed by atoms with Crippen LogP contribution < -0.4 is 0 Å². The molecule has 0 aliphatic carbocycles. The fourth-order valence-corrected chi connectivity index (χ4v) is 0.973. The van der Waals surface area contributed by atoms with Gasteiger partial charge in [-0.1, -0.05) is 0 Å². The van der Waals surface area contributed by atoms with Gasteiger partial charge in [0.05, 0.1) is 0 Å². The molecule has 1 atom stereocenters. The molecule has 1 N–H and O–H groups in total. The molecule has 0 saturated carbocycles. The molecule has 0 bridgehead atoms. The number of hydrogen-bond acceptors (Lipinski definition) is 4. The van der Waals surface area contributed by atoms with Gasteiger partial charge in [-0.2, -0.15) is 0 Å². The molecule has 5 heteroatoms. The lowest BCUT2D eigenvalue weighted by molar-refractivity contribution is 0.0686. The lowest BCUT2D eigenvalue weighted by Gasteiger charge is -2.08. The zero-order chi connectivity index (χ0) is 10.7. The number of ether oxygens (including phenoxy) is 1. The van der Waals surface area contributed by atoms with Crippen molar-refractivity contribution < 1.29 is 14.6 Å². The van der Waals surface area contributed by atoms with Gasteiger partial charge in [-0.05, 0) is 13.8 Å². The zero-order valence-electron chi connectivity index (χ0n) is 8.31. The van der Waals surface area contributed by atoms with E-state index in [0.29, 0.717) is 11.4 Å². The van der Waals surface area contributed by atoms with Crippen LogP contribution in [0.1, 0.15) is 34.9 Å². The summed E-state index contributed by atoms with van der Waals surface area (Å²) < 4.78 is 4.99. The van der Waals surface area contributed by atoms with Crippen LogP contribution in [-0.2, 0) is 4.74 Å². The third-order valence-corrected chi connectivity index (χ3v) is 1.91. The molecule has 0 aliphatic rings. The molecular formula is C9H12N2O3. The number of methoxy groups -OCH3 is 1. The topological polar surface area (TPSA) is 72.3 Å². The highest BCUT2D eigenvalue weighted by Gasteiger charge is 2.14. The summed E-state index contributed by atoms with van der Waals surface area (Å²) in [5, 5.41) is 8.81. The predicted molar refractivity (Wildman–Crippen MR) is 49.2 cm³/mol. The monoisotopic (exact) mass is 196 g/mol. The van der Waals surface area contributed by atoms with Gasteiger partial charge in [0, 0.05) is 18.9 Å². The van der Waals surface area contributed by atoms with Crippen molar-refractivity contribution in [3.8, 4) is 0 Å². The lowest BCUT2D eigenvalue weighted by atomic mass is 10.2. The first-order valence-electron chi connectivity index (χ1n) is 4.16. The molecule has 1 aromatic heterocycles. The van der Waals surface area contributed by atoms with Crippen LogP contribution in [0.4, 0.5) is 0 Å². The number of nitrogens with zero attached hydrogens (tertiary/aromatic N) is 2. The molecular weight excluding hydrogens is 184 g/mol. The number of carboxylic acids is 1. The van der Waals surface area contributed by atoms with E-state index in [4.69, 9.17) is 9.84 Å². The highest BCUT2D eigenvalue weighted by atomic mass is 16.5. The van der Waals surface area contributed by atoms with E-state index in [1.165, 1.54) is 13.3 Å². The lowest BCUT2D eigenvalue weighted by Crippen LogP contribution is -2.10. The molecule has 14 heavy (non-hydrogen) atoms. The number of aryl methyl sites for hydroxylation is 1. The van der Waals surface area contributed by atoms with E-state index in [2.05, 4.69) is 9.97 Å². The first-order valence-corrected chi connectivity index (χ1v) is 4.16. The summed E-state index contributed by atoms with van der Waals surface area (Å²) in [4.78, 5) is 18.7. The maximum absolute atomic E-state index is 10.8. The van der Waals surface area contributed by atoms with E-state index < -0.39 is 5.97 Å². The first kappa shape index (κ1) is 10.6. The Kier molecular flexibility index (Phi) is 3.14. The van der Waals surface area contributed by atoms with Gasteiger partial charge in [0.15, 0.2) is 11.5 Å². The molecule has 1 heterocycles. The third kappa shape index (κ3) is 2.05. The number of aromatic carboxylic acids is 1. The van der Waals surface area contributed by atoms with Gasteiger partial charge in [-0.3, -0.25) is 0 Å².